The van der Waals surface area contributed by atoms with Crippen molar-refractivity contribution in [3.8, 4) is 5.75 Å². The Balaban J connectivity index is 2.17. The van der Waals surface area contributed by atoms with Crippen LogP contribution in [0.3, 0.4) is 0 Å². The summed E-state index contributed by atoms with van der Waals surface area (Å²) in [5.74, 6) is 1.82. The highest BCUT2D eigenvalue weighted by Gasteiger charge is 2.25. The van der Waals surface area contributed by atoms with Crippen LogP contribution in [0.2, 0.25) is 0 Å². The molecule has 1 aromatic carbocycles. The van der Waals surface area contributed by atoms with Crippen molar-refractivity contribution >= 4 is 23.4 Å². The number of hydrogen-bond donors (Lipinski definition) is 1. The fourth-order valence-corrected chi connectivity index (χ4v) is 2.51. The molecule has 0 aliphatic carbocycles. The van der Waals surface area contributed by atoms with Crippen LogP contribution in [0.1, 0.15) is 26.7 Å². The molecule has 2 rings (SSSR count). The summed E-state index contributed by atoms with van der Waals surface area (Å²) in [6, 6.07) is 5.97. The van der Waals surface area contributed by atoms with E-state index in [9.17, 15) is 4.79 Å². The van der Waals surface area contributed by atoms with Gasteiger partial charge in [-0.25, -0.2) is 0 Å². The number of anilines is 1. The lowest BCUT2D eigenvalue weighted by atomic mass is 10.2. The Hall–Kier alpha value is -1.16. The third-order valence-corrected chi connectivity index (χ3v) is 3.81. The molecule has 17 heavy (non-hydrogen) atoms. The normalized spacial score (nSPS) is 18.2. The number of hydrogen-bond acceptors (Lipinski definition) is 3. The van der Waals surface area contributed by atoms with Gasteiger partial charge in [0.15, 0.2) is 6.10 Å². The van der Waals surface area contributed by atoms with E-state index in [2.05, 4.69) is 12.2 Å². The highest BCUT2D eigenvalue weighted by atomic mass is 32.2. The van der Waals surface area contributed by atoms with Crippen LogP contribution in [0.15, 0.2) is 23.1 Å². The fraction of sp³-hybridized carbons (Fsp3) is 0.462. The number of amides is 1. The summed E-state index contributed by atoms with van der Waals surface area (Å²) >= 11 is 1.79. The molecule has 1 unspecified atom stereocenters. The topological polar surface area (TPSA) is 38.3 Å². The maximum absolute atomic E-state index is 11.7. The molecule has 0 saturated heterocycles. The molecule has 0 aromatic heterocycles. The number of nitrogens with one attached hydrogen (secondary N) is 1. The SMILES string of the molecule is CCCSc1ccc2c(c1)NC(=O)C(CC)O2. The first-order chi connectivity index (χ1) is 8.24. The molecule has 1 N–H and O–H groups in total. The van der Waals surface area contributed by atoms with Crippen LogP contribution in [0.4, 0.5) is 5.69 Å². The van der Waals surface area contributed by atoms with Crippen LogP contribution in [0, 0.1) is 0 Å². The minimum atomic E-state index is -0.350. The van der Waals surface area contributed by atoms with Crippen LogP contribution in [0.25, 0.3) is 0 Å². The van der Waals surface area contributed by atoms with E-state index in [0.717, 1.165) is 23.6 Å². The summed E-state index contributed by atoms with van der Waals surface area (Å²) in [7, 11) is 0. The molecule has 1 heterocycles. The molecule has 4 heteroatoms. The Bertz CT molecular complexity index is 420. The summed E-state index contributed by atoms with van der Waals surface area (Å²) in [6.07, 6.45) is 1.48. The monoisotopic (exact) mass is 251 g/mol. The van der Waals surface area contributed by atoms with Gasteiger partial charge in [0.2, 0.25) is 0 Å². The Labute approximate surface area is 106 Å². The van der Waals surface area contributed by atoms with Gasteiger partial charge in [-0.3, -0.25) is 4.79 Å². The van der Waals surface area contributed by atoms with Crippen molar-refractivity contribution in [1.82, 2.24) is 0 Å². The molecular formula is C13H17NO2S. The van der Waals surface area contributed by atoms with Gasteiger partial charge < -0.3 is 10.1 Å². The van der Waals surface area contributed by atoms with Crippen LogP contribution >= 0.6 is 11.8 Å². The van der Waals surface area contributed by atoms with Gasteiger partial charge in [0.25, 0.3) is 5.91 Å². The molecule has 3 nitrogen and oxygen atoms in total. The van der Waals surface area contributed by atoms with Gasteiger partial charge >= 0.3 is 0 Å². The minimum Gasteiger partial charge on any atom is -0.478 e. The Morgan fingerprint density at radius 1 is 1.41 bits per heavy atom. The molecule has 0 fully saturated rings. The maximum Gasteiger partial charge on any atom is 0.265 e. The van der Waals surface area contributed by atoms with Gasteiger partial charge in [0.05, 0.1) is 5.69 Å². The molecule has 0 saturated carbocycles. The standard InChI is InChI=1S/C13H17NO2S/c1-3-7-17-9-5-6-12-10(8-9)14-13(15)11(4-2)16-12/h5-6,8,11H,3-4,7H2,1-2H3,(H,14,15). The van der Waals surface area contributed by atoms with Gasteiger partial charge in [-0.05, 0) is 36.8 Å². The second-order valence-electron chi connectivity index (χ2n) is 4.01. The zero-order chi connectivity index (χ0) is 12.3. The lowest BCUT2D eigenvalue weighted by molar-refractivity contribution is -0.123. The van der Waals surface area contributed by atoms with Gasteiger partial charge in [0.1, 0.15) is 5.75 Å². The van der Waals surface area contributed by atoms with Crippen molar-refractivity contribution in [3.05, 3.63) is 18.2 Å². The molecule has 1 atom stereocenters. The van der Waals surface area contributed by atoms with Crippen LogP contribution in [-0.2, 0) is 4.79 Å². The van der Waals surface area contributed by atoms with E-state index in [1.165, 1.54) is 4.90 Å². The molecule has 1 aromatic rings. The zero-order valence-corrected chi connectivity index (χ0v) is 11.0. The quantitative estimate of drug-likeness (QED) is 0.834. The average Bonchev–Trinajstić information content (AvgIpc) is 2.35. The van der Waals surface area contributed by atoms with Crippen molar-refractivity contribution in [2.24, 2.45) is 0 Å². The third-order valence-electron chi connectivity index (χ3n) is 2.61. The first-order valence-electron chi connectivity index (χ1n) is 5.99. The fourth-order valence-electron chi connectivity index (χ4n) is 1.71. The average molecular weight is 251 g/mol. The van der Waals surface area contributed by atoms with E-state index < -0.39 is 0 Å². The summed E-state index contributed by atoms with van der Waals surface area (Å²) < 4.78 is 5.63. The van der Waals surface area contributed by atoms with E-state index in [0.29, 0.717) is 6.42 Å². The number of rotatable bonds is 4. The summed E-state index contributed by atoms with van der Waals surface area (Å²) in [5, 5.41) is 2.90. The molecule has 1 aliphatic rings. The number of ether oxygens (including phenoxy) is 1. The molecule has 1 amide bonds. The summed E-state index contributed by atoms with van der Waals surface area (Å²) in [4.78, 5) is 12.8. The van der Waals surface area contributed by atoms with Crippen molar-refractivity contribution in [2.45, 2.75) is 37.7 Å². The van der Waals surface area contributed by atoms with Crippen LogP contribution < -0.4 is 10.1 Å². The zero-order valence-electron chi connectivity index (χ0n) is 10.2. The third kappa shape index (κ3) is 2.75. The van der Waals surface area contributed by atoms with E-state index in [1.807, 2.05) is 25.1 Å². The first-order valence-corrected chi connectivity index (χ1v) is 6.97. The second kappa shape index (κ2) is 5.45. The molecule has 0 radical (unpaired) electrons. The highest BCUT2D eigenvalue weighted by molar-refractivity contribution is 7.99. The van der Waals surface area contributed by atoms with Gasteiger partial charge in [-0.15, -0.1) is 11.8 Å². The highest BCUT2D eigenvalue weighted by Crippen LogP contribution is 2.34. The smallest absolute Gasteiger partial charge is 0.265 e. The number of benzene rings is 1. The first kappa shape index (κ1) is 12.3. The van der Waals surface area contributed by atoms with Gasteiger partial charge in [-0.2, -0.15) is 0 Å². The maximum atomic E-state index is 11.7. The number of carbonyl (C=O) groups excluding carboxylic acids is 1. The number of carbonyl (C=O) groups is 1. The molecular weight excluding hydrogens is 234 g/mol. The summed E-state index contributed by atoms with van der Waals surface area (Å²) in [6.45, 7) is 4.10. The van der Waals surface area contributed by atoms with Crippen molar-refractivity contribution in [3.63, 3.8) is 0 Å². The van der Waals surface area contributed by atoms with Crippen molar-refractivity contribution in [1.29, 1.82) is 0 Å². The number of thioether (sulfide) groups is 1. The Morgan fingerprint density at radius 2 is 2.24 bits per heavy atom. The van der Waals surface area contributed by atoms with E-state index in [-0.39, 0.29) is 12.0 Å². The predicted octanol–water partition coefficient (Wildman–Crippen LogP) is 3.30. The van der Waals surface area contributed by atoms with Crippen LogP contribution in [0.5, 0.6) is 5.75 Å². The van der Waals surface area contributed by atoms with E-state index >= 15 is 0 Å². The lowest BCUT2D eigenvalue weighted by Crippen LogP contribution is -2.36. The Morgan fingerprint density at radius 3 is 2.94 bits per heavy atom. The van der Waals surface area contributed by atoms with Gasteiger partial charge in [-0.1, -0.05) is 13.8 Å². The van der Waals surface area contributed by atoms with E-state index in [4.69, 9.17) is 4.74 Å². The van der Waals surface area contributed by atoms with Crippen LogP contribution in [-0.4, -0.2) is 17.8 Å². The van der Waals surface area contributed by atoms with E-state index in [1.54, 1.807) is 11.8 Å². The molecule has 92 valence electrons. The van der Waals surface area contributed by atoms with Crippen molar-refractivity contribution in [2.75, 3.05) is 11.1 Å². The number of fused-ring (bicyclic) bond motifs is 1. The molecule has 0 bridgehead atoms. The Kier molecular flexibility index (Phi) is 3.94. The molecule has 1 aliphatic heterocycles. The lowest BCUT2D eigenvalue weighted by Gasteiger charge is -2.25. The second-order valence-corrected chi connectivity index (χ2v) is 5.18. The minimum absolute atomic E-state index is 0.0439. The summed E-state index contributed by atoms with van der Waals surface area (Å²) in [5.41, 5.74) is 0.792. The molecule has 0 spiro atoms. The van der Waals surface area contributed by atoms with Crippen molar-refractivity contribution < 1.29 is 9.53 Å². The predicted molar refractivity (Wildman–Crippen MR) is 70.8 cm³/mol. The van der Waals surface area contributed by atoms with Gasteiger partial charge in [0, 0.05) is 4.90 Å². The largest absolute Gasteiger partial charge is 0.478 e.